The highest BCUT2D eigenvalue weighted by atomic mass is 35.5. The summed E-state index contributed by atoms with van der Waals surface area (Å²) in [6.45, 7) is 2.37. The lowest BCUT2D eigenvalue weighted by molar-refractivity contribution is -0.145. The average molecular weight is 376 g/mol. The fourth-order valence-electron chi connectivity index (χ4n) is 3.52. The minimum absolute atomic E-state index is 0.0569. The van der Waals surface area contributed by atoms with Crippen molar-refractivity contribution in [1.82, 2.24) is 9.88 Å². The van der Waals surface area contributed by atoms with Gasteiger partial charge in [0.1, 0.15) is 0 Å². The summed E-state index contributed by atoms with van der Waals surface area (Å²) in [5.41, 5.74) is 2.46. The number of hydrogen-bond donors (Lipinski definition) is 0. The molecule has 1 unspecified atom stereocenters. The Kier molecular flexibility index (Phi) is 4.78. The fourth-order valence-corrected chi connectivity index (χ4v) is 3.66. The Labute approximate surface area is 156 Å². The fraction of sp³-hybridized carbons (Fsp3) is 0.368. The zero-order valence-corrected chi connectivity index (χ0v) is 15.0. The second-order valence-corrected chi connectivity index (χ2v) is 6.98. The molecule has 4 rings (SSSR count). The van der Waals surface area contributed by atoms with Crippen LogP contribution in [-0.2, 0) is 22.5 Å². The van der Waals surface area contributed by atoms with Gasteiger partial charge in [-0.25, -0.2) is 9.37 Å². The number of aromatic nitrogens is 1. The van der Waals surface area contributed by atoms with Crippen molar-refractivity contribution in [3.05, 3.63) is 58.5 Å². The van der Waals surface area contributed by atoms with E-state index >= 15 is 0 Å². The van der Waals surface area contributed by atoms with Crippen LogP contribution in [0.3, 0.4) is 0 Å². The maximum absolute atomic E-state index is 14.2. The van der Waals surface area contributed by atoms with Crippen LogP contribution < -0.4 is 4.90 Å². The third-order valence-corrected chi connectivity index (χ3v) is 5.08. The summed E-state index contributed by atoms with van der Waals surface area (Å²) in [6, 6.07) is 9.39. The van der Waals surface area contributed by atoms with Gasteiger partial charge in [-0.05, 0) is 23.6 Å². The van der Waals surface area contributed by atoms with E-state index in [0.29, 0.717) is 26.2 Å². The van der Waals surface area contributed by atoms with Crippen molar-refractivity contribution in [3.63, 3.8) is 0 Å². The van der Waals surface area contributed by atoms with Crippen LogP contribution in [0.15, 0.2) is 36.5 Å². The number of carbonyl (C=O) groups is 1. The van der Waals surface area contributed by atoms with Crippen molar-refractivity contribution in [2.24, 2.45) is 0 Å². The lowest BCUT2D eigenvalue weighted by atomic mass is 9.99. The van der Waals surface area contributed by atoms with Crippen LogP contribution >= 0.6 is 11.6 Å². The molecule has 0 radical (unpaired) electrons. The standard InChI is InChI=1S/C19H19ClFN3O2/c20-15-9-16(21)18(22-10-15)23-7-8-26-17(12-23)19(25)24-6-5-13-3-1-2-4-14(13)11-24/h1-4,9-10,17H,5-8,11-12H2. The first kappa shape index (κ1) is 17.2. The van der Waals surface area contributed by atoms with Gasteiger partial charge in [0.05, 0.1) is 18.2 Å². The normalized spacial score (nSPS) is 20.0. The van der Waals surface area contributed by atoms with E-state index < -0.39 is 11.9 Å². The predicted octanol–water partition coefficient (Wildman–Crippen LogP) is 2.66. The second-order valence-electron chi connectivity index (χ2n) is 6.54. The summed E-state index contributed by atoms with van der Waals surface area (Å²) >= 11 is 5.77. The molecule has 0 N–H and O–H groups in total. The third-order valence-electron chi connectivity index (χ3n) is 4.87. The monoisotopic (exact) mass is 375 g/mol. The molecular formula is C19H19ClFN3O2. The summed E-state index contributed by atoms with van der Waals surface area (Å²) in [7, 11) is 0. The molecule has 0 saturated carbocycles. The number of hydrogen-bond acceptors (Lipinski definition) is 4. The molecule has 26 heavy (non-hydrogen) atoms. The van der Waals surface area contributed by atoms with Crippen LogP contribution in [0, 0.1) is 5.82 Å². The second kappa shape index (κ2) is 7.21. The molecule has 1 aromatic heterocycles. The van der Waals surface area contributed by atoms with Gasteiger partial charge in [-0.3, -0.25) is 4.79 Å². The Morgan fingerprint density at radius 3 is 2.88 bits per heavy atom. The van der Waals surface area contributed by atoms with Gasteiger partial charge in [-0.15, -0.1) is 0 Å². The van der Waals surface area contributed by atoms with E-state index in [1.165, 1.54) is 23.4 Å². The molecule has 3 heterocycles. The van der Waals surface area contributed by atoms with E-state index in [1.807, 2.05) is 17.0 Å². The molecule has 1 fully saturated rings. The number of carbonyl (C=O) groups excluding carboxylic acids is 1. The quantitative estimate of drug-likeness (QED) is 0.809. The molecule has 2 aliphatic heterocycles. The molecule has 2 aliphatic rings. The van der Waals surface area contributed by atoms with Crippen LogP contribution in [0.5, 0.6) is 0 Å². The SMILES string of the molecule is O=C(C1CN(c2ncc(Cl)cc2F)CCO1)N1CCc2ccccc2C1. The van der Waals surface area contributed by atoms with Gasteiger partial charge in [0, 0.05) is 25.8 Å². The van der Waals surface area contributed by atoms with Gasteiger partial charge in [0.2, 0.25) is 0 Å². The lowest BCUT2D eigenvalue weighted by Crippen LogP contribution is -2.52. The van der Waals surface area contributed by atoms with E-state index in [2.05, 4.69) is 17.1 Å². The number of benzene rings is 1. The molecule has 1 aromatic carbocycles. The number of pyridine rings is 1. The number of ether oxygens (including phenoxy) is 1. The molecule has 5 nitrogen and oxygen atoms in total. The van der Waals surface area contributed by atoms with Crippen molar-refractivity contribution in [3.8, 4) is 0 Å². The number of rotatable bonds is 2. The van der Waals surface area contributed by atoms with E-state index in [4.69, 9.17) is 16.3 Å². The average Bonchev–Trinajstić information content (AvgIpc) is 2.67. The van der Waals surface area contributed by atoms with Crippen molar-refractivity contribution in [2.45, 2.75) is 19.1 Å². The molecule has 1 amide bonds. The highest BCUT2D eigenvalue weighted by molar-refractivity contribution is 6.30. The highest BCUT2D eigenvalue weighted by Gasteiger charge is 2.33. The molecule has 136 valence electrons. The summed E-state index contributed by atoms with van der Waals surface area (Å²) in [5, 5.41) is 0.249. The minimum Gasteiger partial charge on any atom is -0.365 e. The highest BCUT2D eigenvalue weighted by Crippen LogP contribution is 2.24. The lowest BCUT2D eigenvalue weighted by Gasteiger charge is -2.37. The van der Waals surface area contributed by atoms with Gasteiger partial charge >= 0.3 is 0 Å². The zero-order chi connectivity index (χ0) is 18.1. The van der Waals surface area contributed by atoms with Crippen LogP contribution in [0.1, 0.15) is 11.1 Å². The summed E-state index contributed by atoms with van der Waals surface area (Å²) in [5.74, 6) is -0.337. The molecular weight excluding hydrogens is 357 g/mol. The smallest absolute Gasteiger partial charge is 0.253 e. The first-order valence-electron chi connectivity index (χ1n) is 8.65. The van der Waals surface area contributed by atoms with E-state index in [9.17, 15) is 9.18 Å². The molecule has 0 bridgehead atoms. The first-order chi connectivity index (χ1) is 12.6. The van der Waals surface area contributed by atoms with Crippen LogP contribution in [0.2, 0.25) is 5.02 Å². The maximum atomic E-state index is 14.2. The molecule has 1 atom stereocenters. The molecule has 2 aromatic rings. The third kappa shape index (κ3) is 3.39. The first-order valence-corrected chi connectivity index (χ1v) is 9.03. The Hall–Kier alpha value is -2.18. The van der Waals surface area contributed by atoms with Crippen molar-refractivity contribution in [1.29, 1.82) is 0 Å². The van der Waals surface area contributed by atoms with Crippen molar-refractivity contribution >= 4 is 23.3 Å². The number of morpholine rings is 1. The van der Waals surface area contributed by atoms with Gasteiger partial charge in [-0.2, -0.15) is 0 Å². The molecule has 7 heteroatoms. The summed E-state index contributed by atoms with van der Waals surface area (Å²) in [4.78, 5) is 20.6. The Morgan fingerprint density at radius 1 is 1.27 bits per heavy atom. The summed E-state index contributed by atoms with van der Waals surface area (Å²) in [6.07, 6.45) is 1.63. The molecule has 1 saturated heterocycles. The van der Waals surface area contributed by atoms with E-state index in [-0.39, 0.29) is 23.3 Å². The largest absolute Gasteiger partial charge is 0.365 e. The molecule has 0 aliphatic carbocycles. The Morgan fingerprint density at radius 2 is 2.08 bits per heavy atom. The van der Waals surface area contributed by atoms with Crippen LogP contribution in [0.25, 0.3) is 0 Å². The Balaban J connectivity index is 1.47. The number of halogens is 2. The number of anilines is 1. The van der Waals surface area contributed by atoms with Gasteiger partial charge in [0.25, 0.3) is 5.91 Å². The van der Waals surface area contributed by atoms with Crippen LogP contribution in [0.4, 0.5) is 10.2 Å². The predicted molar refractivity (Wildman–Crippen MR) is 96.7 cm³/mol. The van der Waals surface area contributed by atoms with Gasteiger partial charge in [0.15, 0.2) is 17.7 Å². The Bertz CT molecular complexity index is 832. The number of amides is 1. The van der Waals surface area contributed by atoms with E-state index in [1.54, 1.807) is 4.90 Å². The number of fused-ring (bicyclic) bond motifs is 1. The van der Waals surface area contributed by atoms with Gasteiger partial charge < -0.3 is 14.5 Å². The summed E-state index contributed by atoms with van der Waals surface area (Å²) < 4.78 is 19.8. The van der Waals surface area contributed by atoms with E-state index in [0.717, 1.165) is 6.42 Å². The minimum atomic E-state index is -0.620. The maximum Gasteiger partial charge on any atom is 0.253 e. The zero-order valence-electron chi connectivity index (χ0n) is 14.2. The van der Waals surface area contributed by atoms with Crippen molar-refractivity contribution < 1.29 is 13.9 Å². The number of nitrogens with zero attached hydrogens (tertiary/aromatic N) is 3. The van der Waals surface area contributed by atoms with Gasteiger partial charge in [-0.1, -0.05) is 35.9 Å². The van der Waals surface area contributed by atoms with Crippen LogP contribution in [-0.4, -0.2) is 48.1 Å². The molecule has 0 spiro atoms. The van der Waals surface area contributed by atoms with Crippen molar-refractivity contribution in [2.75, 3.05) is 31.1 Å². The topological polar surface area (TPSA) is 45.7 Å².